The second kappa shape index (κ2) is 4.42. The molecule has 0 fully saturated rings. The molecule has 0 aliphatic rings. The number of primary amides is 1. The zero-order chi connectivity index (χ0) is 11.6. The van der Waals surface area contributed by atoms with Crippen LogP contribution < -0.4 is 5.73 Å². The number of carbonyl (C=O) groups excluding carboxylic acids is 1. The smallest absolute Gasteiger partial charge is 0.376 e. The summed E-state index contributed by atoms with van der Waals surface area (Å²) in [5, 5.41) is 9.27. The lowest BCUT2D eigenvalue weighted by Crippen LogP contribution is -2.52. The van der Waals surface area contributed by atoms with E-state index < -0.39 is 28.2 Å². The normalized spacial score (nSPS) is 18.6. The monoisotopic (exact) mass is 247 g/mol. The Morgan fingerprint density at radius 1 is 1.64 bits per heavy atom. The summed E-state index contributed by atoms with van der Waals surface area (Å²) in [7, 11) is -4.89. The number of thiol groups is 1. The van der Waals surface area contributed by atoms with Crippen LogP contribution in [-0.2, 0) is 23.6 Å². The molecule has 0 aromatic rings. The lowest BCUT2D eigenvalue weighted by atomic mass is 10.1. The average Bonchev–Trinajstić information content (AvgIpc) is 1.97. The fourth-order valence-electron chi connectivity index (χ4n) is 0.440. The molecule has 0 bridgehead atoms. The highest BCUT2D eigenvalue weighted by molar-refractivity contribution is 7.81. The molecule has 0 heterocycles. The number of rotatable bonds is 5. The highest BCUT2D eigenvalue weighted by Crippen LogP contribution is 2.17. The first-order valence-corrected chi connectivity index (χ1v) is 4.82. The Bertz CT molecular complexity index is 310. The van der Waals surface area contributed by atoms with Crippen LogP contribution in [-0.4, -0.2) is 35.9 Å². The lowest BCUT2D eigenvalue weighted by Gasteiger charge is -2.25. The van der Waals surface area contributed by atoms with Crippen molar-refractivity contribution in [1.29, 1.82) is 0 Å². The van der Waals surface area contributed by atoms with Gasteiger partial charge in [0.25, 0.3) is 5.91 Å². The molecule has 2 unspecified atom stereocenters. The van der Waals surface area contributed by atoms with Crippen molar-refractivity contribution < 1.29 is 31.2 Å². The van der Waals surface area contributed by atoms with E-state index in [0.29, 0.717) is 0 Å². The third kappa shape index (κ3) is 3.77. The quantitative estimate of drug-likeness (QED) is 0.195. The van der Waals surface area contributed by atoms with Crippen molar-refractivity contribution in [3.63, 3.8) is 0 Å². The minimum atomic E-state index is -4.89. The maximum Gasteiger partial charge on any atom is 0.400 e. The van der Waals surface area contributed by atoms with E-state index in [2.05, 4.69) is 21.3 Å². The van der Waals surface area contributed by atoms with Crippen LogP contribution in [0.3, 0.4) is 0 Å². The van der Waals surface area contributed by atoms with Gasteiger partial charge in [-0.1, -0.05) is 0 Å². The SMILES string of the molecule is CC(O)(C(N)=O)C(OS)OS(=O)(=O)O. The first-order chi connectivity index (χ1) is 6.11. The van der Waals surface area contributed by atoms with E-state index >= 15 is 0 Å². The van der Waals surface area contributed by atoms with Crippen LogP contribution in [0.5, 0.6) is 0 Å². The van der Waals surface area contributed by atoms with Gasteiger partial charge in [-0.3, -0.25) is 13.5 Å². The Balaban J connectivity index is 4.82. The first kappa shape index (κ1) is 13.6. The number of aliphatic hydroxyl groups is 1. The number of hydrogen-bond donors (Lipinski definition) is 4. The van der Waals surface area contributed by atoms with Crippen molar-refractivity contribution in [2.24, 2.45) is 5.73 Å². The van der Waals surface area contributed by atoms with Crippen molar-refractivity contribution in [2.75, 3.05) is 0 Å². The fraction of sp³-hybridized carbons (Fsp3) is 0.750. The highest BCUT2D eigenvalue weighted by atomic mass is 32.3. The third-order valence-electron chi connectivity index (χ3n) is 1.26. The summed E-state index contributed by atoms with van der Waals surface area (Å²) < 4.78 is 36.5. The molecule has 0 aliphatic heterocycles. The van der Waals surface area contributed by atoms with Crippen LogP contribution in [0.25, 0.3) is 0 Å². The maximum absolute atomic E-state index is 10.6. The van der Waals surface area contributed by atoms with Crippen LogP contribution in [0.2, 0.25) is 0 Å². The second-order valence-electron chi connectivity index (χ2n) is 2.47. The van der Waals surface area contributed by atoms with Gasteiger partial charge >= 0.3 is 10.4 Å². The van der Waals surface area contributed by atoms with Gasteiger partial charge in [-0.2, -0.15) is 8.42 Å². The molecule has 0 spiro atoms. The van der Waals surface area contributed by atoms with Gasteiger partial charge in [0.15, 0.2) is 5.60 Å². The Morgan fingerprint density at radius 2 is 2.07 bits per heavy atom. The molecule has 2 atom stereocenters. The van der Waals surface area contributed by atoms with E-state index in [4.69, 9.17) is 10.3 Å². The summed E-state index contributed by atoms with van der Waals surface area (Å²) >= 11 is 3.15. The standard InChI is InChI=1S/C4H9NO7S2/c1-4(7,2(5)6)3(11-13)12-14(8,9)10/h3,7,13H,1H3,(H2,5,6)(H,8,9,10). The van der Waals surface area contributed by atoms with Crippen LogP contribution in [0.4, 0.5) is 0 Å². The summed E-state index contributed by atoms with van der Waals surface area (Å²) in [4.78, 5) is 10.6. The Morgan fingerprint density at radius 3 is 2.29 bits per heavy atom. The zero-order valence-electron chi connectivity index (χ0n) is 6.95. The van der Waals surface area contributed by atoms with Gasteiger partial charge in [0, 0.05) is 0 Å². The van der Waals surface area contributed by atoms with Crippen LogP contribution in [0, 0.1) is 0 Å². The molecule has 0 radical (unpaired) electrons. The number of hydrogen-bond acceptors (Lipinski definition) is 7. The predicted molar refractivity (Wildman–Crippen MR) is 46.3 cm³/mol. The van der Waals surface area contributed by atoms with Gasteiger partial charge in [0.1, 0.15) is 0 Å². The molecule has 8 nitrogen and oxygen atoms in total. The van der Waals surface area contributed by atoms with Crippen molar-refractivity contribution in [3.05, 3.63) is 0 Å². The highest BCUT2D eigenvalue weighted by Gasteiger charge is 2.42. The molecule has 1 amide bonds. The molecule has 0 aromatic heterocycles. The van der Waals surface area contributed by atoms with Crippen LogP contribution in [0.15, 0.2) is 0 Å². The van der Waals surface area contributed by atoms with Gasteiger partial charge in [0.05, 0.1) is 0 Å². The molecular formula is C4H9NO7S2. The van der Waals surface area contributed by atoms with Gasteiger partial charge in [-0.15, -0.1) is 0 Å². The lowest BCUT2D eigenvalue weighted by molar-refractivity contribution is -0.165. The summed E-state index contributed by atoms with van der Waals surface area (Å²) in [5.74, 6) is -1.31. The van der Waals surface area contributed by atoms with Crippen molar-refractivity contribution in [3.8, 4) is 0 Å². The molecule has 0 saturated heterocycles. The predicted octanol–water partition coefficient (Wildman–Crippen LogP) is -1.77. The van der Waals surface area contributed by atoms with Crippen LogP contribution in [0.1, 0.15) is 6.92 Å². The van der Waals surface area contributed by atoms with Crippen molar-refractivity contribution in [2.45, 2.75) is 18.8 Å². The number of carbonyl (C=O) groups is 1. The molecular weight excluding hydrogens is 238 g/mol. The summed E-state index contributed by atoms with van der Waals surface area (Å²) in [6, 6.07) is 0. The Hall–Kier alpha value is -0.390. The number of nitrogens with two attached hydrogens (primary N) is 1. The minimum Gasteiger partial charge on any atom is -0.376 e. The topological polar surface area (TPSA) is 136 Å². The van der Waals surface area contributed by atoms with Crippen LogP contribution >= 0.6 is 12.9 Å². The molecule has 14 heavy (non-hydrogen) atoms. The van der Waals surface area contributed by atoms with E-state index in [1.165, 1.54) is 0 Å². The van der Waals surface area contributed by atoms with E-state index in [9.17, 15) is 18.3 Å². The molecule has 0 aromatic carbocycles. The Kier molecular flexibility index (Phi) is 4.30. The summed E-state index contributed by atoms with van der Waals surface area (Å²) in [6.45, 7) is 0.835. The van der Waals surface area contributed by atoms with E-state index in [0.717, 1.165) is 6.92 Å². The molecule has 0 aliphatic carbocycles. The van der Waals surface area contributed by atoms with Crippen molar-refractivity contribution in [1.82, 2.24) is 0 Å². The van der Waals surface area contributed by atoms with Gasteiger partial charge in [0.2, 0.25) is 6.29 Å². The third-order valence-corrected chi connectivity index (χ3v) is 1.87. The van der Waals surface area contributed by atoms with E-state index in [1.54, 1.807) is 0 Å². The fourth-order valence-corrected chi connectivity index (χ4v) is 1.19. The van der Waals surface area contributed by atoms with Gasteiger partial charge < -0.3 is 10.8 Å². The summed E-state index contributed by atoms with van der Waals surface area (Å²) in [6.07, 6.45) is -2.04. The molecule has 0 saturated carbocycles. The molecule has 84 valence electrons. The minimum absolute atomic E-state index is 0.835. The van der Waals surface area contributed by atoms with Crippen molar-refractivity contribution >= 4 is 29.2 Å². The average molecular weight is 247 g/mol. The first-order valence-electron chi connectivity index (χ1n) is 3.09. The van der Waals surface area contributed by atoms with Gasteiger partial charge in [-0.25, -0.2) is 4.18 Å². The summed E-state index contributed by atoms with van der Waals surface area (Å²) in [5.41, 5.74) is 2.26. The largest absolute Gasteiger partial charge is 0.400 e. The second-order valence-corrected chi connectivity index (χ2v) is 3.73. The zero-order valence-corrected chi connectivity index (χ0v) is 8.66. The molecule has 10 heteroatoms. The Labute approximate surface area is 85.6 Å². The maximum atomic E-state index is 10.6. The van der Waals surface area contributed by atoms with E-state index in [1.807, 2.05) is 0 Å². The molecule has 4 N–H and O–H groups in total. The van der Waals surface area contributed by atoms with E-state index in [-0.39, 0.29) is 0 Å². The molecule has 0 rings (SSSR count). The number of amides is 1. The van der Waals surface area contributed by atoms with Gasteiger partial charge in [-0.05, 0) is 19.8 Å².